The normalized spacial score (nSPS) is 12.6. The van der Waals surface area contributed by atoms with Gasteiger partial charge in [-0.3, -0.25) is 0 Å². The number of nitrogens with two attached hydrogens (primary N) is 1. The van der Waals surface area contributed by atoms with Gasteiger partial charge in [0.1, 0.15) is 11.1 Å². The lowest BCUT2D eigenvalue weighted by atomic mass is 10.1. The number of thiazole rings is 1. The molecule has 90 valence electrons. The highest BCUT2D eigenvalue weighted by molar-refractivity contribution is 7.09. The number of ether oxygens (including phenoxy) is 1. The number of hydrogen-bond donors (Lipinski definition) is 1. The second kappa shape index (κ2) is 5.91. The van der Waals surface area contributed by atoms with E-state index < -0.39 is 0 Å². The predicted molar refractivity (Wildman–Crippen MR) is 70.2 cm³/mol. The van der Waals surface area contributed by atoms with Gasteiger partial charge in [-0.15, -0.1) is 11.3 Å². The molecule has 0 aliphatic carbocycles. The van der Waals surface area contributed by atoms with Crippen LogP contribution in [-0.4, -0.2) is 18.6 Å². The lowest BCUT2D eigenvalue weighted by molar-refractivity contribution is 0.136. The van der Waals surface area contributed by atoms with Crippen molar-refractivity contribution in [3.05, 3.63) is 52.0 Å². The molecule has 0 saturated heterocycles. The number of nitrogens with zero attached hydrogens (tertiary/aromatic N) is 1. The summed E-state index contributed by atoms with van der Waals surface area (Å²) in [7, 11) is 1.71. The zero-order chi connectivity index (χ0) is 12.1. The van der Waals surface area contributed by atoms with Crippen LogP contribution in [0.2, 0.25) is 0 Å². The van der Waals surface area contributed by atoms with Crippen molar-refractivity contribution in [3.8, 4) is 0 Å². The smallest absolute Gasteiger partial charge is 0.134 e. The molecular weight excluding hydrogens is 232 g/mol. The fourth-order valence-corrected chi connectivity index (χ4v) is 2.67. The van der Waals surface area contributed by atoms with Crippen molar-refractivity contribution in [2.75, 3.05) is 13.7 Å². The maximum Gasteiger partial charge on any atom is 0.134 e. The van der Waals surface area contributed by atoms with Gasteiger partial charge in [-0.05, 0) is 12.1 Å². The number of rotatable bonds is 5. The Balaban J connectivity index is 2.23. The maximum absolute atomic E-state index is 5.53. The highest BCUT2D eigenvalue weighted by atomic mass is 32.1. The van der Waals surface area contributed by atoms with Gasteiger partial charge in [0.25, 0.3) is 0 Å². The van der Waals surface area contributed by atoms with Crippen molar-refractivity contribution in [1.82, 2.24) is 4.98 Å². The van der Waals surface area contributed by atoms with Gasteiger partial charge in [0.15, 0.2) is 0 Å². The Bertz CT molecular complexity index is 455. The van der Waals surface area contributed by atoms with Crippen molar-refractivity contribution >= 4 is 11.3 Å². The molecule has 1 unspecified atom stereocenters. The molecule has 2 rings (SSSR count). The van der Waals surface area contributed by atoms with Crippen molar-refractivity contribution in [2.24, 2.45) is 5.73 Å². The summed E-state index contributed by atoms with van der Waals surface area (Å²) in [6.07, 6.45) is 0.745. The minimum atomic E-state index is -0.0762. The van der Waals surface area contributed by atoms with E-state index in [0.717, 1.165) is 22.7 Å². The molecule has 2 N–H and O–H groups in total. The van der Waals surface area contributed by atoms with Crippen LogP contribution in [0.4, 0.5) is 0 Å². The number of aromatic nitrogens is 1. The summed E-state index contributed by atoms with van der Waals surface area (Å²) in [4.78, 5) is 4.56. The molecule has 0 spiro atoms. The molecule has 1 atom stereocenters. The molecule has 0 saturated carbocycles. The largest absolute Gasteiger partial charge is 0.370 e. The first-order chi connectivity index (χ1) is 8.35. The van der Waals surface area contributed by atoms with Crippen molar-refractivity contribution in [2.45, 2.75) is 12.5 Å². The van der Waals surface area contributed by atoms with Crippen LogP contribution in [0.1, 0.15) is 22.4 Å². The molecule has 0 radical (unpaired) electrons. The van der Waals surface area contributed by atoms with E-state index in [1.54, 1.807) is 18.4 Å². The van der Waals surface area contributed by atoms with Gasteiger partial charge >= 0.3 is 0 Å². The molecule has 0 aliphatic rings. The third-order valence-corrected chi connectivity index (χ3v) is 3.47. The van der Waals surface area contributed by atoms with Crippen LogP contribution in [0.5, 0.6) is 0 Å². The van der Waals surface area contributed by atoms with Crippen LogP contribution >= 0.6 is 11.3 Å². The van der Waals surface area contributed by atoms with Gasteiger partial charge < -0.3 is 10.5 Å². The highest BCUT2D eigenvalue weighted by Gasteiger charge is 2.16. The lowest BCUT2D eigenvalue weighted by Crippen LogP contribution is -2.05. The van der Waals surface area contributed by atoms with Crippen LogP contribution in [0.15, 0.2) is 35.7 Å². The zero-order valence-corrected chi connectivity index (χ0v) is 10.6. The molecule has 17 heavy (non-hydrogen) atoms. The van der Waals surface area contributed by atoms with E-state index in [4.69, 9.17) is 10.5 Å². The molecular formula is C13H16N2OS. The van der Waals surface area contributed by atoms with E-state index in [9.17, 15) is 0 Å². The van der Waals surface area contributed by atoms with Crippen LogP contribution in [-0.2, 0) is 11.2 Å². The fourth-order valence-electron chi connectivity index (χ4n) is 1.71. The van der Waals surface area contributed by atoms with E-state index in [1.165, 1.54) is 0 Å². The first-order valence-corrected chi connectivity index (χ1v) is 6.45. The standard InChI is InChI=1S/C13H16N2OS/c1-16-12(10-5-3-2-4-6-10)13-15-11(7-8-14)9-17-13/h2-6,9,12H,7-8,14H2,1H3. The quantitative estimate of drug-likeness (QED) is 0.883. The second-order valence-electron chi connectivity index (χ2n) is 3.74. The fraction of sp³-hybridized carbons (Fsp3) is 0.308. The first-order valence-electron chi connectivity index (χ1n) is 5.57. The summed E-state index contributed by atoms with van der Waals surface area (Å²) < 4.78 is 5.53. The van der Waals surface area contributed by atoms with E-state index in [1.807, 2.05) is 18.2 Å². The SMILES string of the molecule is COC(c1ccccc1)c1nc(CCN)cs1. The zero-order valence-electron chi connectivity index (χ0n) is 9.80. The summed E-state index contributed by atoms with van der Waals surface area (Å²) in [5.74, 6) is 0. The topological polar surface area (TPSA) is 48.1 Å². The summed E-state index contributed by atoms with van der Waals surface area (Å²) in [6.45, 7) is 0.631. The number of methoxy groups -OCH3 is 1. The minimum Gasteiger partial charge on any atom is -0.370 e. The van der Waals surface area contributed by atoms with Gasteiger partial charge in [0, 0.05) is 18.9 Å². The van der Waals surface area contributed by atoms with Crippen molar-refractivity contribution < 1.29 is 4.74 Å². The summed E-state index contributed by atoms with van der Waals surface area (Å²) in [5, 5.41) is 3.04. The lowest BCUT2D eigenvalue weighted by Gasteiger charge is -2.12. The van der Waals surface area contributed by atoms with Crippen LogP contribution in [0.3, 0.4) is 0 Å². The first kappa shape index (κ1) is 12.2. The van der Waals surface area contributed by atoms with Crippen LogP contribution in [0.25, 0.3) is 0 Å². The van der Waals surface area contributed by atoms with Crippen LogP contribution in [0, 0.1) is 0 Å². The molecule has 0 aliphatic heterocycles. The predicted octanol–water partition coefficient (Wildman–Crippen LogP) is 2.38. The highest BCUT2D eigenvalue weighted by Crippen LogP contribution is 2.27. The molecule has 0 fully saturated rings. The van der Waals surface area contributed by atoms with Gasteiger partial charge in [0.2, 0.25) is 0 Å². The molecule has 3 nitrogen and oxygen atoms in total. The van der Waals surface area contributed by atoms with Crippen molar-refractivity contribution in [3.63, 3.8) is 0 Å². The molecule has 1 aromatic heterocycles. The Morgan fingerprint density at radius 2 is 2.12 bits per heavy atom. The van der Waals surface area contributed by atoms with Gasteiger partial charge in [-0.1, -0.05) is 30.3 Å². The second-order valence-corrected chi connectivity index (χ2v) is 4.63. The third kappa shape index (κ3) is 2.91. The van der Waals surface area contributed by atoms with Crippen LogP contribution < -0.4 is 5.73 Å². The maximum atomic E-state index is 5.53. The Morgan fingerprint density at radius 1 is 1.35 bits per heavy atom. The average Bonchev–Trinajstić information content (AvgIpc) is 2.81. The minimum absolute atomic E-state index is 0.0762. The average molecular weight is 248 g/mol. The van der Waals surface area contributed by atoms with E-state index >= 15 is 0 Å². The van der Waals surface area contributed by atoms with Gasteiger partial charge in [-0.25, -0.2) is 4.98 Å². The Labute approximate surface area is 105 Å². The molecule has 2 aromatic rings. The molecule has 4 heteroatoms. The van der Waals surface area contributed by atoms with E-state index in [0.29, 0.717) is 6.54 Å². The summed E-state index contributed by atoms with van der Waals surface area (Å²) in [6, 6.07) is 10.1. The summed E-state index contributed by atoms with van der Waals surface area (Å²) >= 11 is 1.63. The number of benzene rings is 1. The summed E-state index contributed by atoms with van der Waals surface area (Å²) in [5.41, 5.74) is 7.70. The monoisotopic (exact) mass is 248 g/mol. The van der Waals surface area contributed by atoms with Crippen molar-refractivity contribution in [1.29, 1.82) is 0 Å². The van der Waals surface area contributed by atoms with E-state index in [2.05, 4.69) is 22.5 Å². The Morgan fingerprint density at radius 3 is 2.76 bits per heavy atom. The third-order valence-electron chi connectivity index (χ3n) is 2.53. The molecule has 0 amide bonds. The Kier molecular flexibility index (Phi) is 4.25. The number of hydrogen-bond acceptors (Lipinski definition) is 4. The van der Waals surface area contributed by atoms with E-state index in [-0.39, 0.29) is 6.10 Å². The van der Waals surface area contributed by atoms with Gasteiger partial charge in [0.05, 0.1) is 5.69 Å². The molecule has 1 heterocycles. The van der Waals surface area contributed by atoms with Gasteiger partial charge in [-0.2, -0.15) is 0 Å². The molecule has 0 bridgehead atoms. The molecule has 1 aromatic carbocycles. The Hall–Kier alpha value is -1.23.